The molecule has 1 saturated heterocycles. The number of hydrogen-bond donors (Lipinski definition) is 1. The van der Waals surface area contributed by atoms with E-state index in [4.69, 9.17) is 9.26 Å². The Bertz CT molecular complexity index is 571. The molecule has 1 aliphatic rings. The second-order valence-corrected chi connectivity index (χ2v) is 5.85. The van der Waals surface area contributed by atoms with Crippen LogP contribution in [0, 0.1) is 5.92 Å². The van der Waals surface area contributed by atoms with Crippen LogP contribution in [-0.4, -0.2) is 30.3 Å². The fourth-order valence-electron chi connectivity index (χ4n) is 2.75. The van der Waals surface area contributed by atoms with Gasteiger partial charge in [-0.3, -0.25) is 0 Å². The number of ether oxygens (including phenoxy) is 1. The van der Waals surface area contributed by atoms with Gasteiger partial charge in [0.05, 0.1) is 20.2 Å². The molecule has 0 amide bonds. The van der Waals surface area contributed by atoms with E-state index in [1.807, 2.05) is 24.3 Å². The molecular weight excluding hydrogens is 266 g/mol. The number of rotatable bonds is 4. The Hall–Kier alpha value is -1.88. The van der Waals surface area contributed by atoms with Crippen molar-refractivity contribution in [1.29, 1.82) is 0 Å². The molecule has 1 aromatic heterocycles. The predicted molar refractivity (Wildman–Crippen MR) is 79.1 cm³/mol. The maximum atomic E-state index is 5.39. The average Bonchev–Trinajstić information content (AvgIpc) is 2.98. The fraction of sp³-hybridized carbons (Fsp3) is 0.500. The van der Waals surface area contributed by atoms with Crippen molar-refractivity contribution in [2.24, 2.45) is 5.92 Å². The summed E-state index contributed by atoms with van der Waals surface area (Å²) in [7, 11) is 1.66. The molecule has 0 radical (unpaired) electrons. The quantitative estimate of drug-likeness (QED) is 0.927. The molecule has 21 heavy (non-hydrogen) atoms. The van der Waals surface area contributed by atoms with Crippen molar-refractivity contribution < 1.29 is 14.2 Å². The zero-order valence-corrected chi connectivity index (χ0v) is 12.6. The van der Waals surface area contributed by atoms with Crippen LogP contribution < -0.4 is 9.64 Å². The van der Waals surface area contributed by atoms with Crippen molar-refractivity contribution in [3.8, 4) is 17.1 Å². The number of nitrogens with zero attached hydrogens (tertiary/aromatic N) is 2. The zero-order valence-electron chi connectivity index (χ0n) is 12.6. The summed E-state index contributed by atoms with van der Waals surface area (Å²) in [6, 6.07) is 7.71. The normalized spacial score (nSPS) is 22.2. The van der Waals surface area contributed by atoms with Crippen LogP contribution in [0.4, 0.5) is 0 Å². The van der Waals surface area contributed by atoms with Gasteiger partial charge < -0.3 is 14.2 Å². The van der Waals surface area contributed by atoms with Crippen molar-refractivity contribution >= 4 is 0 Å². The van der Waals surface area contributed by atoms with Crippen LogP contribution in [0.15, 0.2) is 28.8 Å². The van der Waals surface area contributed by atoms with E-state index in [-0.39, 0.29) is 0 Å². The smallest absolute Gasteiger partial charge is 0.282 e. The zero-order chi connectivity index (χ0) is 14.7. The van der Waals surface area contributed by atoms with Crippen LogP contribution in [0.25, 0.3) is 11.4 Å². The van der Waals surface area contributed by atoms with Gasteiger partial charge in [0.2, 0.25) is 5.82 Å². The molecule has 1 aliphatic heterocycles. The third kappa shape index (κ3) is 3.42. The largest absolute Gasteiger partial charge is 0.497 e. The summed E-state index contributed by atoms with van der Waals surface area (Å²) < 4.78 is 10.5. The molecular formula is C16H22N3O2+. The molecule has 112 valence electrons. The highest BCUT2D eigenvalue weighted by atomic mass is 16.5. The van der Waals surface area contributed by atoms with Gasteiger partial charge in [-0.15, -0.1) is 0 Å². The number of piperidine rings is 1. The van der Waals surface area contributed by atoms with Gasteiger partial charge in [-0.25, -0.2) is 0 Å². The summed E-state index contributed by atoms with van der Waals surface area (Å²) in [5.41, 5.74) is 0.952. The van der Waals surface area contributed by atoms with Crippen molar-refractivity contribution in [2.75, 3.05) is 20.2 Å². The monoisotopic (exact) mass is 288 g/mol. The van der Waals surface area contributed by atoms with Gasteiger partial charge in [-0.05, 0) is 43.0 Å². The number of quaternary nitrogens is 1. The Morgan fingerprint density at radius 3 is 2.62 bits per heavy atom. The highest BCUT2D eigenvalue weighted by molar-refractivity contribution is 5.55. The maximum Gasteiger partial charge on any atom is 0.282 e. The summed E-state index contributed by atoms with van der Waals surface area (Å²) >= 11 is 0. The second kappa shape index (κ2) is 6.26. The molecule has 5 heteroatoms. The topological polar surface area (TPSA) is 52.6 Å². The molecule has 0 saturated carbocycles. The first-order valence-corrected chi connectivity index (χ1v) is 7.55. The lowest BCUT2D eigenvalue weighted by atomic mass is 9.99. The van der Waals surface area contributed by atoms with Gasteiger partial charge in [-0.2, -0.15) is 4.98 Å². The molecule has 0 spiro atoms. The maximum absolute atomic E-state index is 5.39. The van der Waals surface area contributed by atoms with E-state index in [0.717, 1.165) is 29.7 Å². The van der Waals surface area contributed by atoms with Crippen LogP contribution >= 0.6 is 0 Å². The summed E-state index contributed by atoms with van der Waals surface area (Å²) in [6.07, 6.45) is 2.57. The molecule has 2 heterocycles. The van der Waals surface area contributed by atoms with E-state index >= 15 is 0 Å². The van der Waals surface area contributed by atoms with Crippen LogP contribution in [0.5, 0.6) is 5.75 Å². The lowest BCUT2D eigenvalue weighted by Crippen LogP contribution is -3.11. The van der Waals surface area contributed by atoms with E-state index in [9.17, 15) is 0 Å². The third-order valence-electron chi connectivity index (χ3n) is 4.20. The third-order valence-corrected chi connectivity index (χ3v) is 4.20. The first-order chi connectivity index (χ1) is 10.2. The van der Waals surface area contributed by atoms with Crippen LogP contribution in [0.2, 0.25) is 0 Å². The minimum atomic E-state index is 0.650. The van der Waals surface area contributed by atoms with Gasteiger partial charge in [-0.1, -0.05) is 12.1 Å². The standard InChI is InChI=1S/C16H21N3O2/c1-12-7-9-19(10-8-12)11-15-17-16(18-21-15)13-3-5-14(20-2)6-4-13/h3-6,12H,7-11H2,1-2H3/p+1. The highest BCUT2D eigenvalue weighted by Gasteiger charge is 2.21. The molecule has 1 aromatic carbocycles. The number of methoxy groups -OCH3 is 1. The van der Waals surface area contributed by atoms with E-state index in [0.29, 0.717) is 5.82 Å². The predicted octanol–water partition coefficient (Wildman–Crippen LogP) is 1.56. The molecule has 0 bridgehead atoms. The molecule has 3 rings (SSSR count). The van der Waals surface area contributed by atoms with Crippen molar-refractivity contribution in [1.82, 2.24) is 10.1 Å². The Morgan fingerprint density at radius 2 is 1.95 bits per heavy atom. The first-order valence-electron chi connectivity index (χ1n) is 7.55. The minimum Gasteiger partial charge on any atom is -0.497 e. The Balaban J connectivity index is 1.65. The molecule has 1 fully saturated rings. The summed E-state index contributed by atoms with van der Waals surface area (Å²) in [4.78, 5) is 6.05. The second-order valence-electron chi connectivity index (χ2n) is 5.85. The number of aromatic nitrogens is 2. The Labute approximate surface area is 124 Å². The fourth-order valence-corrected chi connectivity index (χ4v) is 2.75. The lowest BCUT2D eigenvalue weighted by molar-refractivity contribution is -0.921. The van der Waals surface area contributed by atoms with E-state index in [2.05, 4.69) is 17.1 Å². The van der Waals surface area contributed by atoms with Gasteiger partial charge in [0, 0.05) is 5.56 Å². The molecule has 1 N–H and O–H groups in total. The van der Waals surface area contributed by atoms with E-state index in [1.54, 1.807) is 7.11 Å². The lowest BCUT2D eigenvalue weighted by Gasteiger charge is -2.25. The first kappa shape index (κ1) is 14.1. The number of likely N-dealkylation sites (tertiary alicyclic amines) is 1. The Kier molecular flexibility index (Phi) is 4.20. The number of hydrogen-bond acceptors (Lipinski definition) is 4. The number of benzene rings is 1. The molecule has 2 aromatic rings. The van der Waals surface area contributed by atoms with Crippen molar-refractivity contribution in [2.45, 2.75) is 26.3 Å². The highest BCUT2D eigenvalue weighted by Crippen LogP contribution is 2.19. The SMILES string of the molecule is COc1ccc(-c2noc(C[NH+]3CCC(C)CC3)n2)cc1. The van der Waals surface area contributed by atoms with E-state index < -0.39 is 0 Å². The molecule has 0 unspecified atom stereocenters. The molecule has 5 nitrogen and oxygen atoms in total. The minimum absolute atomic E-state index is 0.650. The van der Waals surface area contributed by atoms with Crippen LogP contribution in [-0.2, 0) is 6.54 Å². The summed E-state index contributed by atoms with van der Waals surface area (Å²) in [5.74, 6) is 3.06. The van der Waals surface area contributed by atoms with E-state index in [1.165, 1.54) is 30.8 Å². The van der Waals surface area contributed by atoms with Gasteiger partial charge >= 0.3 is 0 Å². The Morgan fingerprint density at radius 1 is 1.24 bits per heavy atom. The summed E-state index contributed by atoms with van der Waals surface area (Å²) in [5, 5.41) is 4.08. The van der Waals surface area contributed by atoms with Gasteiger partial charge in [0.15, 0.2) is 6.54 Å². The molecule has 0 aliphatic carbocycles. The average molecular weight is 288 g/mol. The van der Waals surface area contributed by atoms with Gasteiger partial charge in [0.1, 0.15) is 5.75 Å². The van der Waals surface area contributed by atoms with Crippen LogP contribution in [0.3, 0.4) is 0 Å². The summed E-state index contributed by atoms with van der Waals surface area (Å²) in [6.45, 7) is 5.55. The van der Waals surface area contributed by atoms with Gasteiger partial charge in [0.25, 0.3) is 5.89 Å². The van der Waals surface area contributed by atoms with Crippen molar-refractivity contribution in [3.05, 3.63) is 30.2 Å². The molecule has 0 atom stereocenters. The van der Waals surface area contributed by atoms with Crippen molar-refractivity contribution in [3.63, 3.8) is 0 Å². The number of nitrogens with one attached hydrogen (secondary N) is 1. The van der Waals surface area contributed by atoms with Crippen LogP contribution in [0.1, 0.15) is 25.7 Å².